The molecule has 2 aromatic heterocycles. The van der Waals surface area contributed by atoms with Crippen molar-refractivity contribution in [2.75, 3.05) is 6.61 Å². The smallest absolute Gasteiger partial charge is 0.278 e. The predicted molar refractivity (Wildman–Crippen MR) is 111 cm³/mol. The number of halogens is 1. The van der Waals surface area contributed by atoms with E-state index in [-0.39, 0.29) is 6.10 Å². The molecule has 0 unspecified atom stereocenters. The van der Waals surface area contributed by atoms with Crippen LogP contribution in [-0.2, 0) is 17.9 Å². The lowest BCUT2D eigenvalue weighted by Crippen LogP contribution is -2.21. The molecule has 5 rings (SSSR count). The lowest BCUT2D eigenvalue weighted by molar-refractivity contribution is -0.00115. The predicted octanol–water partition coefficient (Wildman–Crippen LogP) is 4.92. The number of hydrogen-bond donors (Lipinski definition) is 0. The van der Waals surface area contributed by atoms with Gasteiger partial charge in [-0.05, 0) is 42.8 Å². The molecule has 1 atom stereocenters. The van der Waals surface area contributed by atoms with Gasteiger partial charge in [0.15, 0.2) is 5.69 Å². The first-order valence-electron chi connectivity index (χ1n) is 9.71. The zero-order valence-corrected chi connectivity index (χ0v) is 17.0. The molecule has 0 saturated carbocycles. The van der Waals surface area contributed by atoms with E-state index < -0.39 is 0 Å². The van der Waals surface area contributed by atoms with Crippen molar-refractivity contribution >= 4 is 11.6 Å². The fraction of sp³-hybridized carbons (Fsp3) is 0.227. The van der Waals surface area contributed by atoms with E-state index in [4.69, 9.17) is 25.6 Å². The van der Waals surface area contributed by atoms with Crippen LogP contribution in [0.2, 0.25) is 5.02 Å². The molecule has 2 aromatic carbocycles. The zero-order chi connectivity index (χ0) is 20.5. The summed E-state index contributed by atoms with van der Waals surface area (Å²) >= 11 is 6.23. The monoisotopic (exact) mass is 422 g/mol. The van der Waals surface area contributed by atoms with Gasteiger partial charge < -0.3 is 14.0 Å². The average molecular weight is 423 g/mol. The third-order valence-electron chi connectivity index (χ3n) is 4.96. The lowest BCUT2D eigenvalue weighted by Gasteiger charge is -2.24. The van der Waals surface area contributed by atoms with Crippen molar-refractivity contribution in [1.29, 1.82) is 0 Å². The fourth-order valence-electron chi connectivity index (χ4n) is 3.46. The Morgan fingerprint density at radius 2 is 2.00 bits per heavy atom. The molecule has 8 heteroatoms. The van der Waals surface area contributed by atoms with E-state index in [9.17, 15) is 0 Å². The molecule has 0 spiro atoms. The van der Waals surface area contributed by atoms with Gasteiger partial charge in [0.05, 0.1) is 30.5 Å². The van der Waals surface area contributed by atoms with Crippen LogP contribution in [0.3, 0.4) is 0 Å². The number of fused-ring (bicyclic) bond motifs is 1. The molecule has 1 aliphatic rings. The maximum atomic E-state index is 6.23. The highest BCUT2D eigenvalue weighted by Gasteiger charge is 2.24. The van der Waals surface area contributed by atoms with E-state index in [1.165, 1.54) is 0 Å². The summed E-state index contributed by atoms with van der Waals surface area (Å²) in [7, 11) is 0. The number of rotatable bonds is 5. The highest BCUT2D eigenvalue weighted by Crippen LogP contribution is 2.31. The molecule has 1 aliphatic heterocycles. The molecule has 0 radical (unpaired) electrons. The van der Waals surface area contributed by atoms with Crippen LogP contribution in [-0.4, -0.2) is 26.5 Å². The first kappa shape index (κ1) is 18.8. The van der Waals surface area contributed by atoms with Crippen molar-refractivity contribution in [3.63, 3.8) is 0 Å². The van der Waals surface area contributed by atoms with Crippen LogP contribution in [0.5, 0.6) is 5.75 Å². The Labute approximate surface area is 178 Å². The molecule has 0 aliphatic carbocycles. The summed E-state index contributed by atoms with van der Waals surface area (Å²) in [6.07, 6.45) is -0.0812. The number of benzene rings is 2. The van der Waals surface area contributed by atoms with Crippen LogP contribution >= 0.6 is 11.6 Å². The number of ether oxygens (including phenoxy) is 2. The fourth-order valence-corrected chi connectivity index (χ4v) is 3.68. The molecular weight excluding hydrogens is 404 g/mol. The summed E-state index contributed by atoms with van der Waals surface area (Å²) in [4.78, 5) is 4.47. The average Bonchev–Trinajstić information content (AvgIpc) is 3.41. The molecule has 0 N–H and O–H groups in total. The maximum absolute atomic E-state index is 6.23. The Balaban J connectivity index is 1.36. The molecule has 7 nitrogen and oxygen atoms in total. The van der Waals surface area contributed by atoms with E-state index >= 15 is 0 Å². The van der Waals surface area contributed by atoms with Gasteiger partial charge in [0, 0.05) is 5.56 Å². The van der Waals surface area contributed by atoms with Crippen LogP contribution in [0.25, 0.3) is 23.0 Å². The first-order chi connectivity index (χ1) is 14.7. The highest BCUT2D eigenvalue weighted by atomic mass is 35.5. The van der Waals surface area contributed by atoms with Crippen LogP contribution < -0.4 is 4.74 Å². The van der Waals surface area contributed by atoms with Gasteiger partial charge in [-0.3, -0.25) is 4.68 Å². The lowest BCUT2D eigenvalue weighted by atomic mass is 10.1. The maximum Gasteiger partial charge on any atom is 0.278 e. The Morgan fingerprint density at radius 3 is 2.80 bits per heavy atom. The summed E-state index contributed by atoms with van der Waals surface area (Å²) in [5.74, 6) is 1.64. The summed E-state index contributed by atoms with van der Waals surface area (Å²) in [6, 6.07) is 17.3. The van der Waals surface area contributed by atoms with Crippen molar-refractivity contribution in [3.05, 3.63) is 70.9 Å². The largest absolute Gasteiger partial charge is 0.494 e. The van der Waals surface area contributed by atoms with Crippen LogP contribution in [0.4, 0.5) is 0 Å². The third kappa shape index (κ3) is 3.58. The minimum Gasteiger partial charge on any atom is -0.494 e. The van der Waals surface area contributed by atoms with Gasteiger partial charge in [0.25, 0.3) is 5.89 Å². The second-order valence-electron chi connectivity index (χ2n) is 6.91. The van der Waals surface area contributed by atoms with Crippen LogP contribution in [0, 0.1) is 0 Å². The van der Waals surface area contributed by atoms with E-state index in [1.807, 2.05) is 60.1 Å². The van der Waals surface area contributed by atoms with Crippen molar-refractivity contribution in [3.8, 4) is 28.7 Å². The second kappa shape index (κ2) is 7.93. The quantitative estimate of drug-likeness (QED) is 0.454. The van der Waals surface area contributed by atoms with Gasteiger partial charge in [-0.2, -0.15) is 10.1 Å². The van der Waals surface area contributed by atoms with Gasteiger partial charge in [0.1, 0.15) is 11.9 Å². The van der Waals surface area contributed by atoms with E-state index in [1.54, 1.807) is 6.07 Å². The molecular formula is C22H19ClN4O3. The minimum atomic E-state index is -0.0812. The summed E-state index contributed by atoms with van der Waals surface area (Å²) < 4.78 is 18.9. The SMILES string of the molecule is CCOc1ccc([C@H]2Cn3nc(-c4nc(-c5ccccc5Cl)no4)cc3CO2)cc1. The normalized spacial score (nSPS) is 15.7. The van der Waals surface area contributed by atoms with Gasteiger partial charge in [-0.1, -0.05) is 41.0 Å². The minimum absolute atomic E-state index is 0.0812. The summed E-state index contributed by atoms with van der Waals surface area (Å²) in [5.41, 5.74) is 3.38. The highest BCUT2D eigenvalue weighted by molar-refractivity contribution is 6.33. The molecule has 0 amide bonds. The Kier molecular flexibility index (Phi) is 4.98. The summed E-state index contributed by atoms with van der Waals surface area (Å²) in [6.45, 7) is 3.67. The Hall–Kier alpha value is -3.16. The van der Waals surface area contributed by atoms with Crippen molar-refractivity contribution in [2.24, 2.45) is 0 Å². The Morgan fingerprint density at radius 1 is 1.17 bits per heavy atom. The molecule has 152 valence electrons. The van der Waals surface area contributed by atoms with Gasteiger partial charge >= 0.3 is 0 Å². The molecule has 30 heavy (non-hydrogen) atoms. The molecule has 0 bridgehead atoms. The van der Waals surface area contributed by atoms with Gasteiger partial charge in [-0.15, -0.1) is 0 Å². The molecule has 0 saturated heterocycles. The van der Waals surface area contributed by atoms with Gasteiger partial charge in [0.2, 0.25) is 5.82 Å². The molecule has 3 heterocycles. The van der Waals surface area contributed by atoms with Crippen LogP contribution in [0.1, 0.15) is 24.3 Å². The topological polar surface area (TPSA) is 75.2 Å². The molecule has 0 fully saturated rings. The van der Waals surface area contributed by atoms with Crippen LogP contribution in [0.15, 0.2) is 59.1 Å². The molecule has 4 aromatic rings. The third-order valence-corrected chi connectivity index (χ3v) is 5.29. The van der Waals surface area contributed by atoms with Crippen molar-refractivity contribution in [1.82, 2.24) is 19.9 Å². The Bertz CT molecular complexity index is 1170. The van der Waals surface area contributed by atoms with E-state index in [2.05, 4.69) is 15.2 Å². The number of aromatic nitrogens is 4. The summed E-state index contributed by atoms with van der Waals surface area (Å²) in [5, 5.41) is 9.28. The zero-order valence-electron chi connectivity index (χ0n) is 16.3. The number of hydrogen-bond acceptors (Lipinski definition) is 6. The van der Waals surface area contributed by atoms with Crippen molar-refractivity contribution < 1.29 is 14.0 Å². The van der Waals surface area contributed by atoms with Crippen molar-refractivity contribution in [2.45, 2.75) is 26.2 Å². The van der Waals surface area contributed by atoms with E-state index in [0.717, 1.165) is 22.6 Å². The standard InChI is InChI=1S/C22H19ClN4O3/c1-2-28-16-9-7-14(8-10-16)20-12-27-15(13-29-20)11-19(25-27)22-24-21(26-30-22)17-5-3-4-6-18(17)23/h3-11,20H,2,12-13H2,1H3/t20-/m1/s1. The number of nitrogens with zero attached hydrogens (tertiary/aromatic N) is 4. The second-order valence-corrected chi connectivity index (χ2v) is 7.31. The van der Waals surface area contributed by atoms with Gasteiger partial charge in [-0.25, -0.2) is 0 Å². The first-order valence-corrected chi connectivity index (χ1v) is 10.1. The van der Waals surface area contributed by atoms with E-state index in [0.29, 0.717) is 42.2 Å².